The molecular formula is C10H11IO2. The smallest absolute Gasteiger partial charge is 0.337 e. The van der Waals surface area contributed by atoms with Gasteiger partial charge in [-0.25, -0.2) is 4.79 Å². The molecule has 0 aliphatic rings. The van der Waals surface area contributed by atoms with E-state index in [1.54, 1.807) is 0 Å². The molecule has 0 spiro atoms. The Balaban J connectivity index is 3.34. The number of hydrogen-bond acceptors (Lipinski definition) is 1. The first-order valence-corrected chi connectivity index (χ1v) is 5.13. The van der Waals surface area contributed by atoms with Crippen LogP contribution in [0.1, 0.15) is 35.7 Å². The van der Waals surface area contributed by atoms with E-state index in [1.165, 1.54) is 0 Å². The summed E-state index contributed by atoms with van der Waals surface area (Å²) in [7, 11) is 0. The lowest BCUT2D eigenvalue weighted by molar-refractivity contribution is 0.0694. The van der Waals surface area contributed by atoms with Crippen LogP contribution >= 0.6 is 22.6 Å². The average Bonchev–Trinajstić information content (AvgIpc) is 2.02. The van der Waals surface area contributed by atoms with Crippen LogP contribution in [0.15, 0.2) is 18.2 Å². The van der Waals surface area contributed by atoms with E-state index >= 15 is 0 Å². The molecule has 0 saturated heterocycles. The number of benzene rings is 1. The summed E-state index contributed by atoms with van der Waals surface area (Å²) >= 11 is 2.05. The number of carbonyl (C=O) groups is 1. The van der Waals surface area contributed by atoms with Crippen LogP contribution in [0.3, 0.4) is 0 Å². The minimum Gasteiger partial charge on any atom is -0.478 e. The zero-order valence-corrected chi connectivity index (χ0v) is 9.70. The molecule has 0 bridgehead atoms. The number of carboxylic acid groups (broad SMARTS) is 1. The van der Waals surface area contributed by atoms with Crippen molar-refractivity contribution in [3.8, 4) is 0 Å². The average molecular weight is 290 g/mol. The number of aromatic carboxylic acids is 1. The van der Waals surface area contributed by atoms with Gasteiger partial charge in [0.25, 0.3) is 0 Å². The van der Waals surface area contributed by atoms with Crippen molar-refractivity contribution in [3.05, 3.63) is 32.9 Å². The standard InChI is InChI=1S/C10H11IO2/c1-6(2)7-4-3-5-8(11)9(7)10(12)13/h3-6H,1-2H3,(H,12,13). The molecule has 1 N–H and O–H groups in total. The third-order valence-electron chi connectivity index (χ3n) is 1.88. The number of halogens is 1. The van der Waals surface area contributed by atoms with Gasteiger partial charge in [-0.15, -0.1) is 0 Å². The van der Waals surface area contributed by atoms with Crippen LogP contribution in [0.5, 0.6) is 0 Å². The minimum atomic E-state index is -0.839. The fraction of sp³-hybridized carbons (Fsp3) is 0.300. The number of rotatable bonds is 2. The monoisotopic (exact) mass is 290 g/mol. The lowest BCUT2D eigenvalue weighted by Gasteiger charge is -2.10. The summed E-state index contributed by atoms with van der Waals surface area (Å²) in [5.74, 6) is -0.588. The highest BCUT2D eigenvalue weighted by molar-refractivity contribution is 14.1. The Labute approximate surface area is 91.1 Å². The molecule has 0 radical (unpaired) electrons. The van der Waals surface area contributed by atoms with E-state index in [0.717, 1.165) is 9.13 Å². The van der Waals surface area contributed by atoms with Gasteiger partial charge in [-0.05, 0) is 40.1 Å². The summed E-state index contributed by atoms with van der Waals surface area (Å²) in [6.07, 6.45) is 0. The van der Waals surface area contributed by atoms with E-state index in [1.807, 2.05) is 32.0 Å². The molecule has 13 heavy (non-hydrogen) atoms. The molecule has 0 aliphatic heterocycles. The van der Waals surface area contributed by atoms with E-state index in [9.17, 15) is 4.79 Å². The Morgan fingerprint density at radius 1 is 1.46 bits per heavy atom. The van der Waals surface area contributed by atoms with Gasteiger partial charge in [0, 0.05) is 3.57 Å². The van der Waals surface area contributed by atoms with Crippen LogP contribution in [-0.2, 0) is 0 Å². The molecule has 0 heterocycles. The fourth-order valence-corrected chi connectivity index (χ4v) is 2.00. The molecule has 0 fully saturated rings. The van der Waals surface area contributed by atoms with Gasteiger partial charge in [-0.1, -0.05) is 26.0 Å². The molecule has 1 aromatic carbocycles. The van der Waals surface area contributed by atoms with Gasteiger partial charge in [0.05, 0.1) is 5.56 Å². The maximum Gasteiger partial charge on any atom is 0.337 e. The Bertz CT molecular complexity index is 332. The lowest BCUT2D eigenvalue weighted by Crippen LogP contribution is -2.06. The SMILES string of the molecule is CC(C)c1cccc(I)c1C(=O)O. The van der Waals surface area contributed by atoms with Crippen molar-refractivity contribution in [3.63, 3.8) is 0 Å². The van der Waals surface area contributed by atoms with Crippen LogP contribution in [0, 0.1) is 3.57 Å². The summed E-state index contributed by atoms with van der Waals surface area (Å²) in [6, 6.07) is 5.58. The number of carboxylic acids is 1. The molecule has 1 rings (SSSR count). The molecule has 0 unspecified atom stereocenters. The summed E-state index contributed by atoms with van der Waals surface area (Å²) < 4.78 is 0.802. The molecule has 0 aromatic heterocycles. The fourth-order valence-electron chi connectivity index (χ4n) is 1.25. The zero-order chi connectivity index (χ0) is 10.0. The van der Waals surface area contributed by atoms with Gasteiger partial charge >= 0.3 is 5.97 Å². The van der Waals surface area contributed by atoms with Crippen LogP contribution in [-0.4, -0.2) is 11.1 Å². The van der Waals surface area contributed by atoms with E-state index in [2.05, 4.69) is 22.6 Å². The van der Waals surface area contributed by atoms with E-state index in [0.29, 0.717) is 5.56 Å². The molecular weight excluding hydrogens is 279 g/mol. The van der Waals surface area contributed by atoms with Crippen LogP contribution in [0.25, 0.3) is 0 Å². The molecule has 0 saturated carbocycles. The summed E-state index contributed by atoms with van der Waals surface area (Å²) in [6.45, 7) is 4.00. The van der Waals surface area contributed by atoms with E-state index in [4.69, 9.17) is 5.11 Å². The summed E-state index contributed by atoms with van der Waals surface area (Å²) in [5, 5.41) is 8.99. The first kappa shape index (κ1) is 10.5. The highest BCUT2D eigenvalue weighted by atomic mass is 127. The second-order valence-corrected chi connectivity index (χ2v) is 4.33. The Morgan fingerprint density at radius 3 is 2.46 bits per heavy atom. The molecule has 1 aromatic rings. The Morgan fingerprint density at radius 2 is 2.08 bits per heavy atom. The highest BCUT2D eigenvalue weighted by Gasteiger charge is 2.15. The van der Waals surface area contributed by atoms with Gasteiger partial charge in [0.15, 0.2) is 0 Å². The van der Waals surface area contributed by atoms with Crippen LogP contribution in [0.4, 0.5) is 0 Å². The molecule has 0 amide bonds. The van der Waals surface area contributed by atoms with Crippen LogP contribution in [0.2, 0.25) is 0 Å². The van der Waals surface area contributed by atoms with Crippen molar-refractivity contribution in [1.29, 1.82) is 0 Å². The van der Waals surface area contributed by atoms with Crippen molar-refractivity contribution < 1.29 is 9.90 Å². The maximum absolute atomic E-state index is 10.9. The maximum atomic E-state index is 10.9. The first-order chi connectivity index (χ1) is 6.04. The molecule has 0 atom stereocenters. The van der Waals surface area contributed by atoms with Crippen molar-refractivity contribution >= 4 is 28.6 Å². The zero-order valence-electron chi connectivity index (χ0n) is 7.54. The van der Waals surface area contributed by atoms with Crippen molar-refractivity contribution in [2.45, 2.75) is 19.8 Å². The summed E-state index contributed by atoms with van der Waals surface area (Å²) in [5.41, 5.74) is 1.34. The minimum absolute atomic E-state index is 0.251. The topological polar surface area (TPSA) is 37.3 Å². The van der Waals surface area contributed by atoms with Gasteiger partial charge in [0.2, 0.25) is 0 Å². The highest BCUT2D eigenvalue weighted by Crippen LogP contribution is 2.23. The first-order valence-electron chi connectivity index (χ1n) is 4.05. The van der Waals surface area contributed by atoms with Crippen molar-refractivity contribution in [2.75, 3.05) is 0 Å². The second kappa shape index (κ2) is 4.09. The Hall–Kier alpha value is -0.580. The predicted molar refractivity (Wildman–Crippen MR) is 60.2 cm³/mol. The van der Waals surface area contributed by atoms with Crippen LogP contribution < -0.4 is 0 Å². The normalized spacial score (nSPS) is 10.5. The molecule has 3 heteroatoms. The largest absolute Gasteiger partial charge is 0.478 e. The van der Waals surface area contributed by atoms with Gasteiger partial charge in [-0.3, -0.25) is 0 Å². The number of hydrogen-bond donors (Lipinski definition) is 1. The third-order valence-corrected chi connectivity index (χ3v) is 2.78. The van der Waals surface area contributed by atoms with E-state index < -0.39 is 5.97 Å². The summed E-state index contributed by atoms with van der Waals surface area (Å²) in [4.78, 5) is 10.9. The lowest BCUT2D eigenvalue weighted by atomic mass is 9.97. The van der Waals surface area contributed by atoms with Crippen molar-refractivity contribution in [2.24, 2.45) is 0 Å². The Kier molecular flexibility index (Phi) is 3.30. The van der Waals surface area contributed by atoms with Crippen molar-refractivity contribution in [1.82, 2.24) is 0 Å². The third kappa shape index (κ3) is 2.21. The predicted octanol–water partition coefficient (Wildman–Crippen LogP) is 3.11. The quantitative estimate of drug-likeness (QED) is 0.850. The van der Waals surface area contributed by atoms with E-state index in [-0.39, 0.29) is 5.92 Å². The molecule has 2 nitrogen and oxygen atoms in total. The van der Waals surface area contributed by atoms with Gasteiger partial charge in [-0.2, -0.15) is 0 Å². The molecule has 70 valence electrons. The van der Waals surface area contributed by atoms with Gasteiger partial charge in [0.1, 0.15) is 0 Å². The second-order valence-electron chi connectivity index (χ2n) is 3.16. The van der Waals surface area contributed by atoms with Gasteiger partial charge < -0.3 is 5.11 Å². The molecule has 0 aliphatic carbocycles.